The summed E-state index contributed by atoms with van der Waals surface area (Å²) in [6, 6.07) is 3.83. The zero-order valence-electron chi connectivity index (χ0n) is 12.2. The summed E-state index contributed by atoms with van der Waals surface area (Å²) in [6.07, 6.45) is 5.14. The molecule has 1 amide bonds. The van der Waals surface area contributed by atoms with Gasteiger partial charge in [0.1, 0.15) is 0 Å². The summed E-state index contributed by atoms with van der Waals surface area (Å²) in [5.41, 5.74) is 3.54. The number of rotatable bonds is 5. The van der Waals surface area contributed by atoms with Crippen LogP contribution in [0.15, 0.2) is 30.3 Å². The Labute approximate surface area is 128 Å². The average molecular weight is 303 g/mol. The first-order valence-electron chi connectivity index (χ1n) is 6.56. The molecule has 0 radical (unpaired) electrons. The van der Waals surface area contributed by atoms with Gasteiger partial charge in [-0.25, -0.2) is 0 Å². The van der Waals surface area contributed by atoms with E-state index in [0.29, 0.717) is 0 Å². The summed E-state index contributed by atoms with van der Waals surface area (Å²) in [6.45, 7) is 3.86. The SMILES string of the molecule is CC(C)N(C)C(=O)/C(=C/c1c[nH]c2cccnc12)OC=S. The molecule has 110 valence electrons. The molecular formula is C15H17N3O2S. The van der Waals surface area contributed by atoms with Crippen LogP contribution >= 0.6 is 12.2 Å². The maximum Gasteiger partial charge on any atom is 0.289 e. The molecule has 6 heteroatoms. The summed E-state index contributed by atoms with van der Waals surface area (Å²) >= 11 is 4.71. The van der Waals surface area contributed by atoms with E-state index in [1.807, 2.05) is 26.0 Å². The number of pyridine rings is 1. The van der Waals surface area contributed by atoms with E-state index in [4.69, 9.17) is 17.0 Å². The molecular weight excluding hydrogens is 286 g/mol. The number of carbonyl (C=O) groups excluding carboxylic acids is 1. The van der Waals surface area contributed by atoms with Gasteiger partial charge in [-0.15, -0.1) is 0 Å². The van der Waals surface area contributed by atoms with Crippen molar-refractivity contribution < 1.29 is 9.53 Å². The lowest BCUT2D eigenvalue weighted by molar-refractivity contribution is -0.129. The predicted octanol–water partition coefficient (Wildman–Crippen LogP) is 2.74. The van der Waals surface area contributed by atoms with Crippen molar-refractivity contribution in [1.29, 1.82) is 0 Å². The molecule has 0 saturated carbocycles. The lowest BCUT2D eigenvalue weighted by Gasteiger charge is -2.21. The van der Waals surface area contributed by atoms with Crippen molar-refractivity contribution in [3.05, 3.63) is 35.8 Å². The number of fused-ring (bicyclic) bond motifs is 1. The van der Waals surface area contributed by atoms with Gasteiger partial charge in [-0.2, -0.15) is 0 Å². The van der Waals surface area contributed by atoms with Crippen molar-refractivity contribution in [3.8, 4) is 0 Å². The second kappa shape index (κ2) is 6.49. The molecule has 0 atom stereocenters. The van der Waals surface area contributed by atoms with E-state index >= 15 is 0 Å². The number of hydrogen-bond donors (Lipinski definition) is 1. The Morgan fingerprint density at radius 3 is 2.95 bits per heavy atom. The van der Waals surface area contributed by atoms with Gasteiger partial charge >= 0.3 is 0 Å². The highest BCUT2D eigenvalue weighted by atomic mass is 32.1. The molecule has 2 rings (SSSR count). The Balaban J connectivity index is 2.42. The predicted molar refractivity (Wildman–Crippen MR) is 86.7 cm³/mol. The monoisotopic (exact) mass is 303 g/mol. The standard InChI is InChI=1S/C15H17N3O2S/c1-10(2)18(3)15(19)13(20-9-21)7-11-8-17-12-5-4-6-16-14(11)12/h4-10,17H,1-3H3/b13-7-. The van der Waals surface area contributed by atoms with Crippen LogP contribution in [-0.2, 0) is 9.53 Å². The second-order valence-corrected chi connectivity index (χ2v) is 5.07. The molecule has 2 aromatic heterocycles. The number of thiocarbonyl (C=S) groups is 1. The number of hydrogen-bond acceptors (Lipinski definition) is 4. The van der Waals surface area contributed by atoms with Crippen LogP contribution in [0.2, 0.25) is 0 Å². The highest BCUT2D eigenvalue weighted by molar-refractivity contribution is 7.78. The van der Waals surface area contributed by atoms with Crippen LogP contribution in [0.25, 0.3) is 17.1 Å². The summed E-state index contributed by atoms with van der Waals surface area (Å²) in [7, 11) is 1.72. The fourth-order valence-electron chi connectivity index (χ4n) is 1.83. The van der Waals surface area contributed by atoms with Crippen molar-refractivity contribution in [2.75, 3.05) is 7.05 Å². The van der Waals surface area contributed by atoms with Crippen molar-refractivity contribution in [2.24, 2.45) is 0 Å². The fourth-order valence-corrected chi connectivity index (χ4v) is 1.94. The van der Waals surface area contributed by atoms with E-state index in [0.717, 1.165) is 22.2 Å². The molecule has 0 aliphatic heterocycles. The molecule has 0 saturated heterocycles. The number of aromatic nitrogens is 2. The highest BCUT2D eigenvalue weighted by Gasteiger charge is 2.19. The summed E-state index contributed by atoms with van der Waals surface area (Å²) in [5.74, 6) is -0.0517. The van der Waals surface area contributed by atoms with Crippen LogP contribution in [0.3, 0.4) is 0 Å². The normalized spacial score (nSPS) is 11.7. The average Bonchev–Trinajstić information content (AvgIpc) is 2.88. The van der Waals surface area contributed by atoms with Crippen molar-refractivity contribution in [2.45, 2.75) is 19.9 Å². The van der Waals surface area contributed by atoms with Gasteiger partial charge < -0.3 is 14.6 Å². The van der Waals surface area contributed by atoms with Crippen LogP contribution in [0, 0.1) is 0 Å². The Morgan fingerprint density at radius 2 is 2.29 bits per heavy atom. The van der Waals surface area contributed by atoms with Gasteiger partial charge in [-0.1, -0.05) is 0 Å². The molecule has 0 aliphatic carbocycles. The number of nitrogens with one attached hydrogen (secondary N) is 1. The van der Waals surface area contributed by atoms with E-state index in [-0.39, 0.29) is 17.7 Å². The highest BCUT2D eigenvalue weighted by Crippen LogP contribution is 2.19. The summed E-state index contributed by atoms with van der Waals surface area (Å²) in [5, 5.41) is 0. The topological polar surface area (TPSA) is 58.2 Å². The Morgan fingerprint density at radius 1 is 1.52 bits per heavy atom. The third kappa shape index (κ3) is 3.28. The number of amides is 1. The van der Waals surface area contributed by atoms with Crippen molar-refractivity contribution in [1.82, 2.24) is 14.9 Å². The second-order valence-electron chi connectivity index (χ2n) is 4.88. The summed E-state index contributed by atoms with van der Waals surface area (Å²) < 4.78 is 5.22. The van der Waals surface area contributed by atoms with Crippen LogP contribution in [0.1, 0.15) is 19.4 Å². The number of H-pyrrole nitrogens is 1. The quantitative estimate of drug-likeness (QED) is 0.524. The molecule has 0 unspecified atom stereocenters. The van der Waals surface area contributed by atoms with E-state index < -0.39 is 0 Å². The maximum absolute atomic E-state index is 12.4. The number of ether oxygens (including phenoxy) is 1. The fraction of sp³-hybridized carbons (Fsp3) is 0.267. The molecule has 0 aliphatic rings. The molecule has 1 N–H and O–H groups in total. The van der Waals surface area contributed by atoms with Gasteiger partial charge in [0.2, 0.25) is 0 Å². The van der Waals surface area contributed by atoms with Crippen LogP contribution in [0.4, 0.5) is 0 Å². The smallest absolute Gasteiger partial charge is 0.289 e. The lowest BCUT2D eigenvalue weighted by Crippen LogP contribution is -2.34. The molecule has 21 heavy (non-hydrogen) atoms. The first-order chi connectivity index (χ1) is 10.0. The molecule has 2 heterocycles. The lowest BCUT2D eigenvalue weighted by atomic mass is 10.2. The van der Waals surface area contributed by atoms with Gasteiger partial charge in [-0.05, 0) is 44.3 Å². The molecule has 5 nitrogen and oxygen atoms in total. The van der Waals surface area contributed by atoms with Gasteiger partial charge in [0.05, 0.1) is 11.0 Å². The number of nitrogens with zero attached hydrogens (tertiary/aromatic N) is 2. The molecule has 0 bridgehead atoms. The number of aromatic amines is 1. The minimum absolute atomic E-state index is 0.0655. The Hall–Kier alpha value is -2.21. The van der Waals surface area contributed by atoms with Crippen molar-refractivity contribution in [3.63, 3.8) is 0 Å². The number of carbonyl (C=O) groups is 1. The van der Waals surface area contributed by atoms with Gasteiger partial charge in [0, 0.05) is 31.0 Å². The molecule has 0 spiro atoms. The third-order valence-corrected chi connectivity index (χ3v) is 3.33. The molecule has 0 fully saturated rings. The number of likely N-dealkylation sites (N-methyl/N-ethyl adjacent to an activating group) is 1. The van der Waals surface area contributed by atoms with Gasteiger partial charge in [-0.3, -0.25) is 9.78 Å². The van der Waals surface area contributed by atoms with E-state index in [1.165, 1.54) is 0 Å². The van der Waals surface area contributed by atoms with E-state index in [2.05, 4.69) is 9.97 Å². The van der Waals surface area contributed by atoms with Crippen LogP contribution < -0.4 is 0 Å². The van der Waals surface area contributed by atoms with E-state index in [1.54, 1.807) is 30.4 Å². The first-order valence-corrected chi connectivity index (χ1v) is 7.03. The minimum atomic E-state index is -0.226. The maximum atomic E-state index is 12.4. The van der Waals surface area contributed by atoms with Crippen LogP contribution in [0.5, 0.6) is 0 Å². The van der Waals surface area contributed by atoms with Gasteiger partial charge in [0.25, 0.3) is 5.91 Å². The Kier molecular flexibility index (Phi) is 4.70. The summed E-state index contributed by atoms with van der Waals surface area (Å²) in [4.78, 5) is 21.4. The van der Waals surface area contributed by atoms with Gasteiger partial charge in [0.15, 0.2) is 11.3 Å². The van der Waals surface area contributed by atoms with E-state index in [9.17, 15) is 4.79 Å². The van der Waals surface area contributed by atoms with Crippen molar-refractivity contribution >= 4 is 40.8 Å². The zero-order valence-corrected chi connectivity index (χ0v) is 13.0. The molecule has 0 aromatic carbocycles. The largest absolute Gasteiger partial charge is 0.448 e. The van der Waals surface area contributed by atoms with Crippen LogP contribution in [-0.4, -0.2) is 39.4 Å². The minimum Gasteiger partial charge on any atom is -0.448 e. The Bertz CT molecular complexity index is 691. The molecule has 2 aromatic rings. The first kappa shape index (κ1) is 15.2. The zero-order chi connectivity index (χ0) is 15.4. The third-order valence-electron chi connectivity index (χ3n) is 3.23.